The monoisotopic (exact) mass is 512 g/mol. The zero-order valence-corrected chi connectivity index (χ0v) is 21.8. The molecule has 1 aliphatic carbocycles. The molecule has 9 nitrogen and oxygen atoms in total. The maximum atomic E-state index is 13.8. The number of benzene rings is 1. The number of thiazole rings is 1. The van der Waals surface area contributed by atoms with Crippen LogP contribution in [0.25, 0.3) is 10.4 Å². The molecule has 36 heavy (non-hydrogen) atoms. The van der Waals surface area contributed by atoms with Crippen molar-refractivity contribution in [2.24, 2.45) is 5.92 Å². The van der Waals surface area contributed by atoms with Crippen LogP contribution >= 0.6 is 11.3 Å². The van der Waals surface area contributed by atoms with Gasteiger partial charge in [0.15, 0.2) is 10.9 Å². The van der Waals surface area contributed by atoms with Gasteiger partial charge in [0.2, 0.25) is 17.7 Å². The van der Waals surface area contributed by atoms with E-state index in [4.69, 9.17) is 5.73 Å². The quantitative estimate of drug-likeness (QED) is 0.430. The molecule has 0 unspecified atom stereocenters. The van der Waals surface area contributed by atoms with Crippen LogP contribution in [0.2, 0.25) is 0 Å². The molecule has 0 bridgehead atoms. The molecule has 5 N–H and O–H groups in total. The summed E-state index contributed by atoms with van der Waals surface area (Å²) in [6, 6.07) is 7.99. The Morgan fingerprint density at radius 2 is 1.81 bits per heavy atom. The molecule has 4 rings (SSSR count). The fraction of sp³-hybridized carbons (Fsp3) is 0.538. The molecule has 2 aromatic rings. The zero-order valence-electron chi connectivity index (χ0n) is 21.0. The summed E-state index contributed by atoms with van der Waals surface area (Å²) in [4.78, 5) is 46.8. The van der Waals surface area contributed by atoms with Crippen LogP contribution in [0.4, 0.5) is 10.9 Å². The molecule has 0 spiro atoms. The van der Waals surface area contributed by atoms with Crippen molar-refractivity contribution in [2.75, 3.05) is 24.6 Å². The number of aromatic nitrogens is 1. The van der Waals surface area contributed by atoms with E-state index >= 15 is 0 Å². The lowest BCUT2D eigenvalue weighted by Crippen LogP contribution is -2.57. The average molecular weight is 513 g/mol. The third-order valence-electron chi connectivity index (χ3n) is 7.27. The summed E-state index contributed by atoms with van der Waals surface area (Å²) in [7, 11) is 1.72. The first kappa shape index (κ1) is 26.1. The topological polar surface area (TPSA) is 129 Å². The standard InChI is InChI=1S/C26H36N6O3S/c1-16(28-2)23(33)29-20(17-10-5-3-6-11-17)25(35)32-15-9-14-19(32)24(34)30-22-21(36-26(27)31-22)18-12-7-4-8-13-18/h4,7-8,12-13,16-17,19-20,28H,3,5-6,9-11,14-15H2,1-2H3,(H2,27,31)(H,29,33)(H,30,34)/t16-,19-,20-/m0/s1. The van der Waals surface area contributed by atoms with E-state index in [1.807, 2.05) is 30.3 Å². The lowest BCUT2D eigenvalue weighted by molar-refractivity contribution is -0.142. The van der Waals surface area contributed by atoms with Gasteiger partial charge in [-0.2, -0.15) is 0 Å². The van der Waals surface area contributed by atoms with Gasteiger partial charge in [-0.15, -0.1) is 0 Å². The van der Waals surface area contributed by atoms with Crippen molar-refractivity contribution < 1.29 is 14.4 Å². The Bertz CT molecular complexity index is 1070. The number of nitrogens with two attached hydrogens (primary N) is 1. The van der Waals surface area contributed by atoms with E-state index in [0.29, 0.717) is 23.9 Å². The Kier molecular flexibility index (Phi) is 8.58. The van der Waals surface area contributed by atoms with E-state index in [-0.39, 0.29) is 23.6 Å². The number of carbonyl (C=O) groups is 3. The minimum atomic E-state index is -0.628. The van der Waals surface area contributed by atoms with Crippen LogP contribution in [0.3, 0.4) is 0 Å². The molecule has 10 heteroatoms. The minimum absolute atomic E-state index is 0.0755. The maximum Gasteiger partial charge on any atom is 0.248 e. The summed E-state index contributed by atoms with van der Waals surface area (Å²) in [6.07, 6.45) is 6.32. The van der Waals surface area contributed by atoms with Gasteiger partial charge in [-0.3, -0.25) is 14.4 Å². The number of amides is 3. The molecule has 2 heterocycles. The lowest BCUT2D eigenvalue weighted by Gasteiger charge is -2.35. The van der Waals surface area contributed by atoms with Crippen molar-refractivity contribution in [1.29, 1.82) is 0 Å². The highest BCUT2D eigenvalue weighted by atomic mass is 32.1. The van der Waals surface area contributed by atoms with E-state index in [1.54, 1.807) is 18.9 Å². The predicted molar refractivity (Wildman–Crippen MR) is 142 cm³/mol. The van der Waals surface area contributed by atoms with Crippen molar-refractivity contribution in [2.45, 2.75) is 70.0 Å². The van der Waals surface area contributed by atoms with Gasteiger partial charge in [0.25, 0.3) is 0 Å². The van der Waals surface area contributed by atoms with Gasteiger partial charge in [0.05, 0.1) is 10.9 Å². The first-order valence-corrected chi connectivity index (χ1v) is 13.6. The normalized spacial score (nSPS) is 20.1. The van der Waals surface area contributed by atoms with Crippen molar-refractivity contribution in [3.8, 4) is 10.4 Å². The van der Waals surface area contributed by atoms with Crippen LogP contribution < -0.4 is 21.7 Å². The fourth-order valence-electron chi connectivity index (χ4n) is 5.15. The van der Waals surface area contributed by atoms with Crippen molar-refractivity contribution >= 4 is 40.0 Å². The number of hydrogen-bond acceptors (Lipinski definition) is 7. The van der Waals surface area contributed by atoms with Crippen LogP contribution in [0.5, 0.6) is 0 Å². The van der Waals surface area contributed by atoms with Gasteiger partial charge in [-0.05, 0) is 51.1 Å². The number of likely N-dealkylation sites (tertiary alicyclic amines) is 1. The number of carbonyl (C=O) groups excluding carboxylic acids is 3. The molecular formula is C26H36N6O3S. The second kappa shape index (κ2) is 11.8. The molecule has 1 saturated carbocycles. The molecule has 2 fully saturated rings. The Balaban J connectivity index is 1.52. The third-order valence-corrected chi connectivity index (χ3v) is 8.20. The molecule has 1 aromatic carbocycles. The second-order valence-electron chi connectivity index (χ2n) is 9.67. The van der Waals surface area contributed by atoms with Crippen LogP contribution in [0.15, 0.2) is 30.3 Å². The summed E-state index contributed by atoms with van der Waals surface area (Å²) >= 11 is 1.31. The zero-order chi connectivity index (χ0) is 25.7. The maximum absolute atomic E-state index is 13.8. The number of hydrogen-bond donors (Lipinski definition) is 4. The smallest absolute Gasteiger partial charge is 0.248 e. The van der Waals surface area contributed by atoms with E-state index in [1.165, 1.54) is 11.3 Å². The van der Waals surface area contributed by atoms with E-state index in [9.17, 15) is 14.4 Å². The Hall–Kier alpha value is -2.98. The van der Waals surface area contributed by atoms with Crippen LogP contribution in [0.1, 0.15) is 51.9 Å². The molecule has 194 valence electrons. The highest BCUT2D eigenvalue weighted by Crippen LogP contribution is 2.36. The average Bonchev–Trinajstić information content (AvgIpc) is 3.54. The molecular weight excluding hydrogens is 476 g/mol. The lowest BCUT2D eigenvalue weighted by atomic mass is 9.83. The predicted octanol–water partition coefficient (Wildman–Crippen LogP) is 2.99. The van der Waals surface area contributed by atoms with Crippen LogP contribution in [-0.4, -0.2) is 59.3 Å². The van der Waals surface area contributed by atoms with Crippen molar-refractivity contribution in [3.63, 3.8) is 0 Å². The van der Waals surface area contributed by atoms with Crippen LogP contribution in [-0.2, 0) is 14.4 Å². The molecule has 3 atom stereocenters. The van der Waals surface area contributed by atoms with Gasteiger partial charge in [-0.25, -0.2) is 4.98 Å². The van der Waals surface area contributed by atoms with E-state index in [0.717, 1.165) is 49.0 Å². The first-order valence-electron chi connectivity index (χ1n) is 12.8. The van der Waals surface area contributed by atoms with Crippen molar-refractivity contribution in [3.05, 3.63) is 30.3 Å². The Labute approximate surface area is 216 Å². The summed E-state index contributed by atoms with van der Waals surface area (Å²) < 4.78 is 0. The van der Waals surface area contributed by atoms with Crippen LogP contribution in [0, 0.1) is 5.92 Å². The number of nitrogen functional groups attached to an aromatic ring is 1. The summed E-state index contributed by atoms with van der Waals surface area (Å²) in [6.45, 7) is 2.26. The number of rotatable bonds is 8. The van der Waals surface area contributed by atoms with Gasteiger partial charge >= 0.3 is 0 Å². The van der Waals surface area contributed by atoms with Crippen molar-refractivity contribution in [1.82, 2.24) is 20.5 Å². The van der Waals surface area contributed by atoms with Gasteiger partial charge in [0, 0.05) is 6.54 Å². The molecule has 2 aliphatic rings. The van der Waals surface area contributed by atoms with Gasteiger partial charge < -0.3 is 26.6 Å². The minimum Gasteiger partial charge on any atom is -0.375 e. The largest absolute Gasteiger partial charge is 0.375 e. The number of likely N-dealkylation sites (N-methyl/N-ethyl adjacent to an activating group) is 1. The molecule has 1 aromatic heterocycles. The summed E-state index contributed by atoms with van der Waals surface area (Å²) in [5.74, 6) is -0.162. The summed E-state index contributed by atoms with van der Waals surface area (Å²) in [5.41, 5.74) is 6.89. The third kappa shape index (κ3) is 5.87. The first-order chi connectivity index (χ1) is 17.4. The summed E-state index contributed by atoms with van der Waals surface area (Å²) in [5, 5.41) is 9.24. The van der Waals surface area contributed by atoms with Gasteiger partial charge in [0.1, 0.15) is 12.1 Å². The SMILES string of the molecule is CN[C@@H](C)C(=O)N[C@H](C(=O)N1CCC[C@H]1C(=O)Nc1nc(N)sc1-c1ccccc1)C1CCCCC1. The van der Waals surface area contributed by atoms with E-state index < -0.39 is 18.1 Å². The second-order valence-corrected chi connectivity index (χ2v) is 10.7. The number of nitrogens with zero attached hydrogens (tertiary/aromatic N) is 2. The van der Waals surface area contributed by atoms with E-state index in [2.05, 4.69) is 20.9 Å². The highest BCUT2D eigenvalue weighted by molar-refractivity contribution is 7.19. The molecule has 0 radical (unpaired) electrons. The highest BCUT2D eigenvalue weighted by Gasteiger charge is 2.41. The molecule has 3 amide bonds. The number of anilines is 2. The molecule has 1 aliphatic heterocycles. The Morgan fingerprint density at radius 1 is 1.08 bits per heavy atom. The van der Waals surface area contributed by atoms with Gasteiger partial charge in [-0.1, -0.05) is 60.9 Å². The fourth-order valence-corrected chi connectivity index (χ4v) is 5.94. The Morgan fingerprint density at radius 3 is 2.50 bits per heavy atom. The molecule has 1 saturated heterocycles. The number of nitrogens with one attached hydrogen (secondary N) is 3.